The molecule has 0 aliphatic heterocycles. The first-order valence-electron chi connectivity index (χ1n) is 6.91. The Hall–Kier alpha value is -1.88. The number of aromatic nitrogens is 2. The van der Waals surface area contributed by atoms with Crippen LogP contribution in [-0.2, 0) is 19.6 Å². The summed E-state index contributed by atoms with van der Waals surface area (Å²) in [5.41, 5.74) is 2.34. The summed E-state index contributed by atoms with van der Waals surface area (Å²) in [5, 5.41) is 7.05. The van der Waals surface area contributed by atoms with Crippen LogP contribution in [0.4, 0.5) is 0 Å². The predicted octanol–water partition coefficient (Wildman–Crippen LogP) is 2.63. The number of aryl methyl sites for hydroxylation is 2. The maximum atomic E-state index is 5.79. The summed E-state index contributed by atoms with van der Waals surface area (Å²) in [7, 11) is 1.92. The molecule has 2 rings (SSSR count). The second-order valence-corrected chi connectivity index (χ2v) is 4.78. The van der Waals surface area contributed by atoms with E-state index >= 15 is 0 Å². The van der Waals surface area contributed by atoms with Crippen molar-refractivity contribution in [1.29, 1.82) is 0 Å². The second-order valence-electron chi connectivity index (χ2n) is 4.78. The monoisotopic (exact) mass is 275 g/mol. The molecular weight excluding hydrogens is 254 g/mol. The first kappa shape index (κ1) is 14.5. The molecule has 0 spiro atoms. The molecule has 0 unspecified atom stereocenters. The Labute approximate surface area is 119 Å². The fourth-order valence-electron chi connectivity index (χ4n) is 1.99. The summed E-state index contributed by atoms with van der Waals surface area (Å²) >= 11 is 0. The number of nitrogens with one attached hydrogen (secondary N) is 1. The van der Waals surface area contributed by atoms with E-state index in [-0.39, 0.29) is 0 Å². The third-order valence-electron chi connectivity index (χ3n) is 2.92. The van der Waals surface area contributed by atoms with Crippen molar-refractivity contribution in [2.75, 3.05) is 7.05 Å². The summed E-state index contributed by atoms with van der Waals surface area (Å²) < 4.78 is 10.9. The minimum absolute atomic E-state index is 0.302. The lowest BCUT2D eigenvalue weighted by molar-refractivity contribution is 0.240. The third kappa shape index (κ3) is 3.81. The Kier molecular flexibility index (Phi) is 5.12. The van der Waals surface area contributed by atoms with E-state index in [4.69, 9.17) is 9.26 Å². The van der Waals surface area contributed by atoms with Gasteiger partial charge in [0.2, 0.25) is 0 Å². The first-order chi connectivity index (χ1) is 9.72. The molecule has 5 heteroatoms. The van der Waals surface area contributed by atoms with E-state index in [1.54, 1.807) is 0 Å². The maximum absolute atomic E-state index is 5.79. The fourth-order valence-corrected chi connectivity index (χ4v) is 1.99. The molecule has 5 nitrogen and oxygen atoms in total. The Morgan fingerprint density at radius 3 is 2.95 bits per heavy atom. The average molecular weight is 275 g/mol. The highest BCUT2D eigenvalue weighted by Gasteiger charge is 2.08. The highest BCUT2D eigenvalue weighted by molar-refractivity contribution is 5.36. The molecule has 0 bridgehead atoms. The smallest absolute Gasteiger partial charge is 0.264 e. The van der Waals surface area contributed by atoms with Gasteiger partial charge in [-0.15, -0.1) is 0 Å². The molecule has 0 saturated heterocycles. The maximum Gasteiger partial charge on any atom is 0.264 e. The van der Waals surface area contributed by atoms with Gasteiger partial charge in [0.25, 0.3) is 5.89 Å². The molecule has 0 amide bonds. The number of hydrogen-bond acceptors (Lipinski definition) is 5. The van der Waals surface area contributed by atoms with Gasteiger partial charge in [0.05, 0.1) is 0 Å². The summed E-state index contributed by atoms with van der Waals surface area (Å²) in [4.78, 5) is 4.29. The highest BCUT2D eigenvalue weighted by Crippen LogP contribution is 2.21. The van der Waals surface area contributed by atoms with Gasteiger partial charge in [-0.2, -0.15) is 4.98 Å². The number of nitrogens with zero attached hydrogens (tertiary/aromatic N) is 2. The molecular formula is C15H21N3O2. The Bertz CT molecular complexity index is 552. The van der Waals surface area contributed by atoms with Crippen molar-refractivity contribution in [2.24, 2.45) is 0 Å². The van der Waals surface area contributed by atoms with Crippen LogP contribution >= 0.6 is 0 Å². The van der Waals surface area contributed by atoms with Crippen LogP contribution < -0.4 is 10.1 Å². The van der Waals surface area contributed by atoms with E-state index < -0.39 is 0 Å². The predicted molar refractivity (Wildman–Crippen MR) is 76.6 cm³/mol. The minimum Gasteiger partial charge on any atom is -0.483 e. The highest BCUT2D eigenvalue weighted by atomic mass is 16.5. The zero-order valence-electron chi connectivity index (χ0n) is 12.3. The molecule has 1 aromatic carbocycles. The van der Waals surface area contributed by atoms with Crippen molar-refractivity contribution < 1.29 is 9.26 Å². The molecule has 0 saturated carbocycles. The van der Waals surface area contributed by atoms with Crippen LogP contribution in [0.2, 0.25) is 0 Å². The van der Waals surface area contributed by atoms with E-state index in [1.807, 2.05) is 19.2 Å². The standard InChI is InChI=1S/C15H21N3O2/c1-4-5-14-17-15(20-18-14)10-19-13-7-6-11(2)8-12(13)9-16-3/h6-8,16H,4-5,9-10H2,1-3H3. The van der Waals surface area contributed by atoms with Crippen molar-refractivity contribution in [1.82, 2.24) is 15.5 Å². The van der Waals surface area contributed by atoms with Gasteiger partial charge < -0.3 is 14.6 Å². The number of ether oxygens (including phenoxy) is 1. The lowest BCUT2D eigenvalue weighted by Crippen LogP contribution is -2.08. The van der Waals surface area contributed by atoms with Crippen LogP contribution in [0.3, 0.4) is 0 Å². The lowest BCUT2D eigenvalue weighted by Gasteiger charge is -2.10. The quantitative estimate of drug-likeness (QED) is 0.841. The average Bonchev–Trinajstić information content (AvgIpc) is 2.86. The van der Waals surface area contributed by atoms with Crippen LogP contribution in [-0.4, -0.2) is 17.2 Å². The van der Waals surface area contributed by atoms with Crippen LogP contribution in [0.15, 0.2) is 22.7 Å². The van der Waals surface area contributed by atoms with Crippen molar-refractivity contribution in [3.63, 3.8) is 0 Å². The van der Waals surface area contributed by atoms with Gasteiger partial charge in [-0.1, -0.05) is 29.8 Å². The van der Waals surface area contributed by atoms with Crippen LogP contribution in [0, 0.1) is 6.92 Å². The third-order valence-corrected chi connectivity index (χ3v) is 2.92. The molecule has 0 atom stereocenters. The van der Waals surface area contributed by atoms with E-state index in [2.05, 4.69) is 35.4 Å². The van der Waals surface area contributed by atoms with Crippen molar-refractivity contribution >= 4 is 0 Å². The summed E-state index contributed by atoms with van der Waals surface area (Å²) in [5.74, 6) is 2.11. The molecule has 1 aromatic heterocycles. The van der Waals surface area contributed by atoms with Gasteiger partial charge in [0.15, 0.2) is 12.4 Å². The van der Waals surface area contributed by atoms with Gasteiger partial charge in [-0.25, -0.2) is 0 Å². The van der Waals surface area contributed by atoms with Crippen LogP contribution in [0.1, 0.15) is 36.2 Å². The zero-order valence-corrected chi connectivity index (χ0v) is 12.3. The number of rotatable bonds is 7. The van der Waals surface area contributed by atoms with Crippen molar-refractivity contribution in [3.8, 4) is 5.75 Å². The number of hydrogen-bond donors (Lipinski definition) is 1. The Morgan fingerprint density at radius 1 is 1.35 bits per heavy atom. The topological polar surface area (TPSA) is 60.2 Å². The van der Waals surface area contributed by atoms with E-state index in [0.29, 0.717) is 12.5 Å². The van der Waals surface area contributed by atoms with E-state index in [0.717, 1.165) is 36.5 Å². The molecule has 1 N–H and O–H groups in total. The second kappa shape index (κ2) is 7.05. The molecule has 108 valence electrons. The van der Waals surface area contributed by atoms with Crippen molar-refractivity contribution in [2.45, 2.75) is 39.8 Å². The number of benzene rings is 1. The summed E-state index contributed by atoms with van der Waals surface area (Å²) in [6, 6.07) is 6.12. The molecule has 0 aliphatic carbocycles. The van der Waals surface area contributed by atoms with E-state index in [1.165, 1.54) is 5.56 Å². The fraction of sp³-hybridized carbons (Fsp3) is 0.467. The Balaban J connectivity index is 2.02. The van der Waals surface area contributed by atoms with E-state index in [9.17, 15) is 0 Å². The van der Waals surface area contributed by atoms with Crippen LogP contribution in [0.5, 0.6) is 5.75 Å². The normalized spacial score (nSPS) is 10.8. The van der Waals surface area contributed by atoms with Gasteiger partial charge in [0, 0.05) is 18.5 Å². The molecule has 1 heterocycles. The van der Waals surface area contributed by atoms with Gasteiger partial charge in [-0.05, 0) is 26.5 Å². The molecule has 0 radical (unpaired) electrons. The molecule has 2 aromatic rings. The molecule has 0 aliphatic rings. The van der Waals surface area contributed by atoms with Crippen LogP contribution in [0.25, 0.3) is 0 Å². The zero-order chi connectivity index (χ0) is 14.4. The Morgan fingerprint density at radius 2 is 2.20 bits per heavy atom. The SMILES string of the molecule is CCCc1noc(COc2ccc(C)cc2CNC)n1. The largest absolute Gasteiger partial charge is 0.483 e. The lowest BCUT2D eigenvalue weighted by atomic mass is 10.1. The molecule has 20 heavy (non-hydrogen) atoms. The summed E-state index contributed by atoms with van der Waals surface area (Å²) in [6.45, 7) is 5.22. The summed E-state index contributed by atoms with van der Waals surface area (Å²) in [6.07, 6.45) is 1.84. The van der Waals surface area contributed by atoms with Gasteiger partial charge in [0.1, 0.15) is 5.75 Å². The minimum atomic E-state index is 0.302. The van der Waals surface area contributed by atoms with Crippen molar-refractivity contribution in [3.05, 3.63) is 41.0 Å². The first-order valence-corrected chi connectivity index (χ1v) is 6.91. The molecule has 0 fully saturated rings. The van der Waals surface area contributed by atoms with Gasteiger partial charge in [-0.3, -0.25) is 0 Å². The van der Waals surface area contributed by atoms with Gasteiger partial charge >= 0.3 is 0 Å².